The van der Waals surface area contributed by atoms with Gasteiger partial charge in [-0.1, -0.05) is 6.42 Å². The molecule has 2 N–H and O–H groups in total. The van der Waals surface area contributed by atoms with Crippen molar-refractivity contribution in [1.82, 2.24) is 0 Å². The van der Waals surface area contributed by atoms with Crippen LogP contribution in [0, 0.1) is 11.3 Å². The van der Waals surface area contributed by atoms with E-state index in [0.29, 0.717) is 11.3 Å². The fraction of sp³-hybridized carbons (Fsp3) is 1.00. The molecule has 2 nitrogen and oxygen atoms in total. The van der Waals surface area contributed by atoms with E-state index in [4.69, 9.17) is 10.5 Å². The smallest absolute Gasteiger partial charge is 0.0526 e. The molecule has 0 amide bonds. The minimum absolute atomic E-state index is 0. The summed E-state index contributed by atoms with van der Waals surface area (Å²) in [5.74, 6) is 0.668. The molecule has 1 atom stereocenters. The zero-order valence-electron chi connectivity index (χ0n) is 6.71. The molecule has 2 fully saturated rings. The van der Waals surface area contributed by atoms with Crippen molar-refractivity contribution >= 4 is 12.4 Å². The highest BCUT2D eigenvalue weighted by Gasteiger charge is 2.47. The quantitative estimate of drug-likeness (QED) is 0.653. The molecule has 1 aliphatic carbocycles. The van der Waals surface area contributed by atoms with E-state index in [-0.39, 0.29) is 12.4 Å². The molecule has 1 saturated heterocycles. The van der Waals surface area contributed by atoms with Gasteiger partial charge in [0.2, 0.25) is 0 Å². The number of ether oxygens (including phenoxy) is 1. The van der Waals surface area contributed by atoms with Gasteiger partial charge in [-0.25, -0.2) is 0 Å². The largest absolute Gasteiger partial charge is 0.380 e. The van der Waals surface area contributed by atoms with Gasteiger partial charge in [-0.2, -0.15) is 0 Å². The van der Waals surface area contributed by atoms with Crippen LogP contribution in [-0.2, 0) is 4.74 Å². The van der Waals surface area contributed by atoms with E-state index in [9.17, 15) is 0 Å². The number of halogens is 1. The van der Waals surface area contributed by atoms with Gasteiger partial charge in [0.25, 0.3) is 0 Å². The normalized spacial score (nSPS) is 33.0. The maximum atomic E-state index is 5.64. The van der Waals surface area contributed by atoms with E-state index < -0.39 is 0 Å². The second kappa shape index (κ2) is 3.30. The van der Waals surface area contributed by atoms with Crippen molar-refractivity contribution in [2.24, 2.45) is 17.1 Å². The number of nitrogens with two attached hydrogens (primary N) is 1. The van der Waals surface area contributed by atoms with Gasteiger partial charge in [0.05, 0.1) is 13.2 Å². The number of hydrogen-bond acceptors (Lipinski definition) is 2. The fourth-order valence-electron chi connectivity index (χ4n) is 2.20. The van der Waals surface area contributed by atoms with Crippen LogP contribution in [0.25, 0.3) is 0 Å². The van der Waals surface area contributed by atoms with Crippen molar-refractivity contribution in [2.75, 3.05) is 19.8 Å². The highest BCUT2D eigenvalue weighted by Crippen LogP contribution is 2.50. The third-order valence-electron chi connectivity index (χ3n) is 3.21. The van der Waals surface area contributed by atoms with Crippen molar-refractivity contribution in [3.63, 3.8) is 0 Å². The van der Waals surface area contributed by atoms with Gasteiger partial charge in [0, 0.05) is 5.92 Å². The Balaban J connectivity index is 0.000000605. The molecule has 1 spiro atoms. The predicted molar refractivity (Wildman–Crippen MR) is 46.9 cm³/mol. The van der Waals surface area contributed by atoms with Crippen LogP contribution in [0.2, 0.25) is 0 Å². The van der Waals surface area contributed by atoms with E-state index in [2.05, 4.69) is 0 Å². The summed E-state index contributed by atoms with van der Waals surface area (Å²) in [4.78, 5) is 0. The lowest BCUT2D eigenvalue weighted by Gasteiger charge is -2.41. The van der Waals surface area contributed by atoms with Crippen LogP contribution in [0.3, 0.4) is 0 Å². The first-order chi connectivity index (χ1) is 4.87. The summed E-state index contributed by atoms with van der Waals surface area (Å²) in [6.45, 7) is 2.71. The summed E-state index contributed by atoms with van der Waals surface area (Å²) < 4.78 is 5.43. The summed E-state index contributed by atoms with van der Waals surface area (Å²) in [5, 5.41) is 0. The molecule has 1 aliphatic heterocycles. The zero-order chi connectivity index (χ0) is 7.03. The van der Waals surface area contributed by atoms with Crippen molar-refractivity contribution in [3.8, 4) is 0 Å². The van der Waals surface area contributed by atoms with Crippen LogP contribution in [0.15, 0.2) is 0 Å². The molecular weight excluding hydrogens is 162 g/mol. The van der Waals surface area contributed by atoms with Gasteiger partial charge >= 0.3 is 0 Å². The lowest BCUT2D eigenvalue weighted by atomic mass is 9.63. The molecule has 0 aromatic carbocycles. The lowest BCUT2D eigenvalue weighted by Crippen LogP contribution is -2.40. The third-order valence-corrected chi connectivity index (χ3v) is 3.21. The first-order valence-corrected chi connectivity index (χ1v) is 4.15. The molecule has 2 aliphatic rings. The van der Waals surface area contributed by atoms with Gasteiger partial charge in [-0.3, -0.25) is 0 Å². The molecule has 0 aromatic rings. The summed E-state index contributed by atoms with van der Waals surface area (Å²) in [5.41, 5.74) is 6.18. The van der Waals surface area contributed by atoms with Crippen LogP contribution in [0.5, 0.6) is 0 Å². The number of hydrogen-bond donors (Lipinski definition) is 1. The Morgan fingerprint density at radius 2 is 2.18 bits per heavy atom. The third kappa shape index (κ3) is 1.28. The average molecular weight is 178 g/mol. The molecule has 1 saturated carbocycles. The Kier molecular flexibility index (Phi) is 2.79. The average Bonchev–Trinajstić information content (AvgIpc) is 2.27. The van der Waals surface area contributed by atoms with Gasteiger partial charge in [0.1, 0.15) is 0 Å². The van der Waals surface area contributed by atoms with Crippen LogP contribution < -0.4 is 5.73 Å². The highest BCUT2D eigenvalue weighted by atomic mass is 35.5. The second-order valence-corrected chi connectivity index (χ2v) is 3.66. The maximum absolute atomic E-state index is 5.64. The SMILES string of the molecule is Cl.NCC1COCC12CCC2. The minimum atomic E-state index is 0. The van der Waals surface area contributed by atoms with E-state index in [1.165, 1.54) is 19.3 Å². The van der Waals surface area contributed by atoms with Crippen molar-refractivity contribution in [3.05, 3.63) is 0 Å². The summed E-state index contributed by atoms with van der Waals surface area (Å²) in [6, 6.07) is 0. The first-order valence-electron chi connectivity index (χ1n) is 4.15. The minimum Gasteiger partial charge on any atom is -0.380 e. The Bertz CT molecular complexity index is 136. The van der Waals surface area contributed by atoms with Crippen LogP contribution in [0.4, 0.5) is 0 Å². The number of rotatable bonds is 1. The molecule has 1 unspecified atom stereocenters. The Labute approximate surface area is 73.9 Å². The lowest BCUT2D eigenvalue weighted by molar-refractivity contribution is 0.0726. The summed E-state index contributed by atoms with van der Waals surface area (Å²) in [6.07, 6.45) is 4.10. The van der Waals surface area contributed by atoms with E-state index in [1.807, 2.05) is 0 Å². The maximum Gasteiger partial charge on any atom is 0.0526 e. The molecule has 11 heavy (non-hydrogen) atoms. The Morgan fingerprint density at radius 3 is 2.55 bits per heavy atom. The molecule has 3 heteroatoms. The molecular formula is C8H16ClNO. The van der Waals surface area contributed by atoms with E-state index in [1.54, 1.807) is 0 Å². The predicted octanol–water partition coefficient (Wildman–Crippen LogP) is 1.18. The molecule has 66 valence electrons. The standard InChI is InChI=1S/C8H15NO.ClH/c9-4-7-5-10-6-8(7)2-1-3-8;/h7H,1-6,9H2;1H. The summed E-state index contributed by atoms with van der Waals surface area (Å²) >= 11 is 0. The van der Waals surface area contributed by atoms with Crippen molar-refractivity contribution in [2.45, 2.75) is 19.3 Å². The van der Waals surface area contributed by atoms with Crippen molar-refractivity contribution in [1.29, 1.82) is 0 Å². The molecule has 0 bridgehead atoms. The van der Waals surface area contributed by atoms with Gasteiger partial charge in [0.15, 0.2) is 0 Å². The van der Waals surface area contributed by atoms with Crippen molar-refractivity contribution < 1.29 is 4.74 Å². The molecule has 0 aromatic heterocycles. The monoisotopic (exact) mass is 177 g/mol. The topological polar surface area (TPSA) is 35.2 Å². The second-order valence-electron chi connectivity index (χ2n) is 3.66. The van der Waals surface area contributed by atoms with Crippen LogP contribution in [0.1, 0.15) is 19.3 Å². The van der Waals surface area contributed by atoms with Crippen LogP contribution >= 0.6 is 12.4 Å². The van der Waals surface area contributed by atoms with E-state index >= 15 is 0 Å². The molecule has 2 rings (SSSR count). The molecule has 0 radical (unpaired) electrons. The Hall–Kier alpha value is 0.210. The molecule has 1 heterocycles. The zero-order valence-corrected chi connectivity index (χ0v) is 7.53. The summed E-state index contributed by atoms with van der Waals surface area (Å²) in [7, 11) is 0. The van der Waals surface area contributed by atoms with Gasteiger partial charge in [-0.15, -0.1) is 12.4 Å². The highest BCUT2D eigenvalue weighted by molar-refractivity contribution is 5.85. The fourth-order valence-corrected chi connectivity index (χ4v) is 2.20. The van der Waals surface area contributed by atoms with E-state index in [0.717, 1.165) is 19.8 Å². The van der Waals surface area contributed by atoms with Gasteiger partial charge in [-0.05, 0) is 24.8 Å². The van der Waals surface area contributed by atoms with Crippen LogP contribution in [-0.4, -0.2) is 19.8 Å². The van der Waals surface area contributed by atoms with Gasteiger partial charge < -0.3 is 10.5 Å². The first kappa shape index (κ1) is 9.30. The Morgan fingerprint density at radius 1 is 1.45 bits per heavy atom.